The smallest absolute Gasteiger partial charge is 0.311 e. The number of nitrogens with two attached hydrogens (primary N) is 1. The third-order valence-corrected chi connectivity index (χ3v) is 3.82. The van der Waals surface area contributed by atoms with Crippen molar-refractivity contribution in [2.45, 2.75) is 0 Å². The van der Waals surface area contributed by atoms with Gasteiger partial charge in [0.25, 0.3) is 5.91 Å². The lowest BCUT2D eigenvalue weighted by molar-refractivity contribution is -0.385. The summed E-state index contributed by atoms with van der Waals surface area (Å²) in [5.41, 5.74) is 11.0. The molecule has 0 atom stereocenters. The van der Waals surface area contributed by atoms with Crippen molar-refractivity contribution in [2.24, 2.45) is 0 Å². The summed E-state index contributed by atoms with van der Waals surface area (Å²) >= 11 is 0. The van der Waals surface area contributed by atoms with Crippen LogP contribution in [0.1, 0.15) is 20.9 Å². The van der Waals surface area contributed by atoms with E-state index < -0.39 is 28.2 Å². The maximum absolute atomic E-state index is 12.3. The molecule has 0 saturated heterocycles. The molecule has 0 aliphatic heterocycles. The second-order valence-corrected chi connectivity index (χ2v) is 5.65. The number of phenolic OH excluding ortho intramolecular Hbond substituents is 1. The summed E-state index contributed by atoms with van der Waals surface area (Å²) in [6, 6.07) is 11.4. The molecule has 0 saturated carbocycles. The minimum absolute atomic E-state index is 0. The van der Waals surface area contributed by atoms with Crippen molar-refractivity contribution in [3.8, 4) is 16.9 Å². The second-order valence-electron chi connectivity index (χ2n) is 5.65. The van der Waals surface area contributed by atoms with Crippen molar-refractivity contribution in [2.75, 3.05) is 5.73 Å². The van der Waals surface area contributed by atoms with E-state index in [1.807, 2.05) is 0 Å². The molecule has 3 rings (SSSR count). The first-order valence-corrected chi connectivity index (χ1v) is 7.88. The van der Waals surface area contributed by atoms with Gasteiger partial charge in [0, 0.05) is 22.9 Å². The quantitative estimate of drug-likeness (QED) is 0.287. The van der Waals surface area contributed by atoms with Gasteiger partial charge < -0.3 is 15.3 Å². The molecule has 1 heterocycles. The van der Waals surface area contributed by atoms with Gasteiger partial charge in [-0.25, -0.2) is 0 Å². The summed E-state index contributed by atoms with van der Waals surface area (Å²) in [7, 11) is 0. The van der Waals surface area contributed by atoms with Crippen LogP contribution in [0.25, 0.3) is 11.1 Å². The zero-order valence-corrected chi connectivity index (χ0v) is 15.4. The zero-order valence-electron chi connectivity index (χ0n) is 14.6. The van der Waals surface area contributed by atoms with E-state index in [2.05, 4.69) is 10.9 Å². The van der Waals surface area contributed by atoms with Gasteiger partial charge in [0.1, 0.15) is 0 Å². The van der Waals surface area contributed by atoms with Gasteiger partial charge in [0.2, 0.25) is 5.76 Å². The summed E-state index contributed by atoms with van der Waals surface area (Å²) in [4.78, 5) is 34.5. The molecule has 1 aromatic heterocycles. The number of hydrazine groups is 1. The highest BCUT2D eigenvalue weighted by Gasteiger charge is 2.20. The summed E-state index contributed by atoms with van der Waals surface area (Å²) in [5.74, 6) is -2.15. The Labute approximate surface area is 169 Å². The number of benzene rings is 2. The Hall–Kier alpha value is -4.05. The molecule has 0 unspecified atom stereocenters. The molecule has 150 valence electrons. The predicted molar refractivity (Wildman–Crippen MR) is 105 cm³/mol. The zero-order chi connectivity index (χ0) is 20.3. The fourth-order valence-electron chi connectivity index (χ4n) is 2.43. The maximum Gasteiger partial charge on any atom is 0.311 e. The van der Waals surface area contributed by atoms with E-state index in [0.29, 0.717) is 16.8 Å². The van der Waals surface area contributed by atoms with Crippen molar-refractivity contribution < 1.29 is 24.0 Å². The predicted octanol–water partition coefficient (Wildman–Crippen LogP) is 2.64. The summed E-state index contributed by atoms with van der Waals surface area (Å²) in [6.07, 6.45) is 1.33. The lowest BCUT2D eigenvalue weighted by atomic mass is 10.1. The Morgan fingerprint density at radius 2 is 1.69 bits per heavy atom. The number of hydrogen-bond acceptors (Lipinski definition) is 7. The van der Waals surface area contributed by atoms with E-state index in [0.717, 1.165) is 12.1 Å². The highest BCUT2D eigenvalue weighted by atomic mass is 35.5. The summed E-state index contributed by atoms with van der Waals surface area (Å²) < 4.78 is 5.20. The van der Waals surface area contributed by atoms with E-state index in [1.54, 1.807) is 30.3 Å². The number of nitrogen functional groups attached to an aromatic ring is 1. The first-order chi connectivity index (χ1) is 13.4. The second kappa shape index (κ2) is 8.76. The van der Waals surface area contributed by atoms with Crippen LogP contribution >= 0.6 is 12.4 Å². The number of aromatic hydroxyl groups is 1. The van der Waals surface area contributed by atoms with Crippen molar-refractivity contribution in [1.29, 1.82) is 0 Å². The SMILES string of the molecule is Cl.Nc1ccc(-c2ccoc2C(=O)NNC(=O)c2ccc(O)c([N+](=O)[O-])c2)cc1. The number of halogens is 1. The Morgan fingerprint density at radius 3 is 2.34 bits per heavy atom. The van der Waals surface area contributed by atoms with Gasteiger partial charge in [-0.3, -0.25) is 30.6 Å². The van der Waals surface area contributed by atoms with Crippen LogP contribution in [-0.4, -0.2) is 21.8 Å². The van der Waals surface area contributed by atoms with Gasteiger partial charge in [-0.15, -0.1) is 12.4 Å². The average Bonchev–Trinajstić information content (AvgIpc) is 3.16. The van der Waals surface area contributed by atoms with Gasteiger partial charge in [-0.1, -0.05) is 12.1 Å². The number of nitro groups is 1. The van der Waals surface area contributed by atoms with Crippen LogP contribution in [0.5, 0.6) is 5.75 Å². The number of nitro benzene ring substituents is 1. The van der Waals surface area contributed by atoms with Gasteiger partial charge in [-0.05, 0) is 35.9 Å². The molecule has 0 fully saturated rings. The number of amides is 2. The fraction of sp³-hybridized carbons (Fsp3) is 0. The van der Waals surface area contributed by atoms with E-state index in [1.165, 1.54) is 12.3 Å². The lowest BCUT2D eigenvalue weighted by Crippen LogP contribution is -2.41. The van der Waals surface area contributed by atoms with Crippen LogP contribution in [0.15, 0.2) is 59.2 Å². The molecular weight excluding hydrogens is 404 g/mol. The average molecular weight is 419 g/mol. The van der Waals surface area contributed by atoms with Crippen LogP contribution < -0.4 is 16.6 Å². The largest absolute Gasteiger partial charge is 0.502 e. The minimum Gasteiger partial charge on any atom is -0.502 e. The lowest BCUT2D eigenvalue weighted by Gasteiger charge is -2.08. The number of carbonyl (C=O) groups is 2. The number of nitrogens with zero attached hydrogens (tertiary/aromatic N) is 1. The fourth-order valence-corrected chi connectivity index (χ4v) is 2.43. The molecule has 2 amide bonds. The Kier molecular flexibility index (Phi) is 6.42. The summed E-state index contributed by atoms with van der Waals surface area (Å²) in [6.45, 7) is 0. The summed E-state index contributed by atoms with van der Waals surface area (Å²) in [5, 5.41) is 20.3. The van der Waals surface area contributed by atoms with Crippen molar-refractivity contribution in [3.63, 3.8) is 0 Å². The number of phenols is 1. The number of hydrogen-bond donors (Lipinski definition) is 4. The topological polar surface area (TPSA) is 161 Å². The Morgan fingerprint density at radius 1 is 1.03 bits per heavy atom. The normalized spacial score (nSPS) is 9.93. The van der Waals surface area contributed by atoms with Crippen molar-refractivity contribution in [3.05, 3.63) is 76.2 Å². The first-order valence-electron chi connectivity index (χ1n) is 7.88. The van der Waals surface area contributed by atoms with Crippen LogP contribution in [0.2, 0.25) is 0 Å². The number of nitrogens with one attached hydrogen (secondary N) is 2. The molecule has 5 N–H and O–H groups in total. The molecule has 0 aliphatic rings. The Bertz CT molecular complexity index is 1060. The molecule has 11 heteroatoms. The molecule has 29 heavy (non-hydrogen) atoms. The van der Waals surface area contributed by atoms with Crippen LogP contribution in [0.4, 0.5) is 11.4 Å². The van der Waals surface area contributed by atoms with E-state index in [4.69, 9.17) is 10.2 Å². The molecule has 0 spiro atoms. The van der Waals surface area contributed by atoms with Gasteiger partial charge >= 0.3 is 11.6 Å². The minimum atomic E-state index is -0.827. The standard InChI is InChI=1S/C18H14N4O6.ClH/c19-12-4-1-10(2-5-12)13-7-8-28-16(13)18(25)21-20-17(24)11-3-6-15(23)14(9-11)22(26)27;/h1-9,23H,19H2,(H,20,24)(H,21,25);1H. The molecule has 10 nitrogen and oxygen atoms in total. The van der Waals surface area contributed by atoms with E-state index in [9.17, 15) is 24.8 Å². The highest BCUT2D eigenvalue weighted by Crippen LogP contribution is 2.27. The molecular formula is C18H15ClN4O6. The molecule has 3 aromatic rings. The van der Waals surface area contributed by atoms with Crippen molar-refractivity contribution >= 4 is 35.6 Å². The van der Waals surface area contributed by atoms with Crippen LogP contribution in [-0.2, 0) is 0 Å². The molecule has 0 bridgehead atoms. The number of anilines is 1. The number of carbonyl (C=O) groups excluding carboxylic acids is 2. The molecule has 2 aromatic carbocycles. The van der Waals surface area contributed by atoms with Gasteiger partial charge in [0.15, 0.2) is 5.75 Å². The van der Waals surface area contributed by atoms with E-state index >= 15 is 0 Å². The monoisotopic (exact) mass is 418 g/mol. The first kappa shape index (κ1) is 21.3. The van der Waals surface area contributed by atoms with Crippen molar-refractivity contribution in [1.82, 2.24) is 10.9 Å². The molecule has 0 radical (unpaired) electrons. The highest BCUT2D eigenvalue weighted by molar-refractivity contribution is 6.01. The number of rotatable bonds is 4. The maximum atomic E-state index is 12.3. The Balaban J connectivity index is 0.00000300. The molecule has 0 aliphatic carbocycles. The number of furan rings is 1. The van der Waals surface area contributed by atoms with Gasteiger partial charge in [-0.2, -0.15) is 0 Å². The van der Waals surface area contributed by atoms with Crippen LogP contribution in [0.3, 0.4) is 0 Å². The van der Waals surface area contributed by atoms with Gasteiger partial charge in [0.05, 0.1) is 11.2 Å². The van der Waals surface area contributed by atoms with E-state index in [-0.39, 0.29) is 23.7 Å². The third kappa shape index (κ3) is 4.62. The van der Waals surface area contributed by atoms with Crippen LogP contribution in [0, 0.1) is 10.1 Å². The third-order valence-electron chi connectivity index (χ3n) is 3.82.